The SMILES string of the molecule is CCNC(=NCC1CCCO1)N1CCN(c2ccccc2O)CC1.I. The lowest BCUT2D eigenvalue weighted by Crippen LogP contribution is -2.52. The van der Waals surface area contributed by atoms with E-state index >= 15 is 0 Å². The molecule has 0 saturated carbocycles. The number of nitrogens with one attached hydrogen (secondary N) is 1. The molecule has 0 aromatic heterocycles. The molecule has 1 aromatic rings. The van der Waals surface area contributed by atoms with Gasteiger partial charge in [-0.1, -0.05) is 12.1 Å². The third kappa shape index (κ3) is 5.37. The van der Waals surface area contributed by atoms with Crippen molar-refractivity contribution in [1.82, 2.24) is 10.2 Å². The van der Waals surface area contributed by atoms with E-state index in [0.717, 1.165) is 70.4 Å². The summed E-state index contributed by atoms with van der Waals surface area (Å²) in [5, 5.41) is 13.4. The van der Waals surface area contributed by atoms with Crippen molar-refractivity contribution >= 4 is 35.6 Å². The van der Waals surface area contributed by atoms with Gasteiger partial charge >= 0.3 is 0 Å². The van der Waals surface area contributed by atoms with Gasteiger partial charge in [0.15, 0.2) is 5.96 Å². The molecule has 6 nitrogen and oxygen atoms in total. The summed E-state index contributed by atoms with van der Waals surface area (Å²) in [5.41, 5.74) is 0.915. The second-order valence-electron chi connectivity index (χ2n) is 6.29. The van der Waals surface area contributed by atoms with Crippen molar-refractivity contribution < 1.29 is 9.84 Å². The Balaban J connectivity index is 0.00000225. The van der Waals surface area contributed by atoms with E-state index < -0.39 is 0 Å². The zero-order chi connectivity index (χ0) is 16.8. The molecule has 1 atom stereocenters. The lowest BCUT2D eigenvalue weighted by atomic mass is 10.2. The molecule has 1 unspecified atom stereocenters. The van der Waals surface area contributed by atoms with E-state index in [1.165, 1.54) is 0 Å². The molecular weight excluding hydrogens is 431 g/mol. The van der Waals surface area contributed by atoms with Gasteiger partial charge in [0.25, 0.3) is 0 Å². The molecule has 25 heavy (non-hydrogen) atoms. The predicted octanol–water partition coefficient (Wildman–Crippen LogP) is 2.28. The van der Waals surface area contributed by atoms with E-state index in [9.17, 15) is 5.11 Å². The van der Waals surface area contributed by atoms with Crippen LogP contribution in [0.4, 0.5) is 5.69 Å². The van der Waals surface area contributed by atoms with Crippen LogP contribution in [0.5, 0.6) is 5.75 Å². The summed E-state index contributed by atoms with van der Waals surface area (Å²) < 4.78 is 5.67. The zero-order valence-electron chi connectivity index (χ0n) is 14.9. The topological polar surface area (TPSA) is 60.3 Å². The largest absolute Gasteiger partial charge is 0.506 e. The number of hydrogen-bond acceptors (Lipinski definition) is 4. The molecule has 2 fully saturated rings. The van der Waals surface area contributed by atoms with Crippen LogP contribution in [0.25, 0.3) is 0 Å². The van der Waals surface area contributed by atoms with Crippen molar-refractivity contribution in [1.29, 1.82) is 0 Å². The van der Waals surface area contributed by atoms with Gasteiger partial charge in [0.05, 0.1) is 18.3 Å². The Bertz CT molecular complexity index is 556. The molecule has 0 radical (unpaired) electrons. The minimum Gasteiger partial charge on any atom is -0.506 e. The number of nitrogens with zero attached hydrogens (tertiary/aromatic N) is 3. The number of hydrogen-bond donors (Lipinski definition) is 2. The van der Waals surface area contributed by atoms with E-state index in [0.29, 0.717) is 5.75 Å². The summed E-state index contributed by atoms with van der Waals surface area (Å²) in [4.78, 5) is 9.31. The standard InChI is InChI=1S/C18H28N4O2.HI/c1-2-19-18(20-14-15-6-5-13-24-15)22-11-9-21(10-12-22)16-7-3-4-8-17(16)23;/h3-4,7-8,15,23H,2,5-6,9-14H2,1H3,(H,19,20);1H. The lowest BCUT2D eigenvalue weighted by molar-refractivity contribution is 0.117. The minimum absolute atomic E-state index is 0. The highest BCUT2D eigenvalue weighted by Crippen LogP contribution is 2.27. The van der Waals surface area contributed by atoms with Crippen molar-refractivity contribution in [2.45, 2.75) is 25.9 Å². The predicted molar refractivity (Wildman–Crippen MR) is 112 cm³/mol. The van der Waals surface area contributed by atoms with Crippen LogP contribution < -0.4 is 10.2 Å². The molecule has 2 N–H and O–H groups in total. The molecule has 140 valence electrons. The smallest absolute Gasteiger partial charge is 0.194 e. The van der Waals surface area contributed by atoms with Gasteiger partial charge in [0.1, 0.15) is 5.75 Å². The van der Waals surface area contributed by atoms with Crippen LogP contribution in [-0.2, 0) is 4.74 Å². The van der Waals surface area contributed by atoms with Gasteiger partial charge in [-0.05, 0) is 31.9 Å². The van der Waals surface area contributed by atoms with E-state index in [-0.39, 0.29) is 30.1 Å². The second kappa shape index (κ2) is 10.1. The first-order chi connectivity index (χ1) is 11.8. The number of anilines is 1. The number of ether oxygens (including phenoxy) is 1. The van der Waals surface area contributed by atoms with E-state index in [1.807, 2.05) is 18.2 Å². The van der Waals surface area contributed by atoms with Crippen LogP contribution in [0.2, 0.25) is 0 Å². The monoisotopic (exact) mass is 460 g/mol. The van der Waals surface area contributed by atoms with Crippen LogP contribution in [0.1, 0.15) is 19.8 Å². The first kappa shape index (κ1) is 20.1. The van der Waals surface area contributed by atoms with Gasteiger partial charge in [0.2, 0.25) is 0 Å². The Hall–Kier alpha value is -1.22. The van der Waals surface area contributed by atoms with Crippen LogP contribution in [0.15, 0.2) is 29.3 Å². The highest BCUT2D eigenvalue weighted by Gasteiger charge is 2.22. The highest BCUT2D eigenvalue weighted by atomic mass is 127. The number of aromatic hydroxyl groups is 1. The van der Waals surface area contributed by atoms with Crippen LogP contribution in [-0.4, -0.2) is 67.9 Å². The first-order valence-electron chi connectivity index (χ1n) is 8.95. The fourth-order valence-electron chi connectivity index (χ4n) is 3.29. The quantitative estimate of drug-likeness (QED) is 0.410. The molecule has 7 heteroatoms. The Kier molecular flexibility index (Phi) is 8.08. The number of halogens is 1. The summed E-state index contributed by atoms with van der Waals surface area (Å²) in [6.45, 7) is 8.11. The van der Waals surface area contributed by atoms with E-state index in [2.05, 4.69) is 22.0 Å². The molecule has 0 aliphatic carbocycles. The lowest BCUT2D eigenvalue weighted by Gasteiger charge is -2.38. The molecule has 2 aliphatic heterocycles. The number of phenolic OH excluding ortho intramolecular Hbond substituents is 1. The van der Waals surface area contributed by atoms with Crippen molar-refractivity contribution in [2.75, 3.05) is 50.8 Å². The third-order valence-corrected chi connectivity index (χ3v) is 4.61. The molecule has 0 spiro atoms. The number of phenols is 1. The molecule has 2 aliphatic rings. The molecule has 2 saturated heterocycles. The molecule has 2 heterocycles. The third-order valence-electron chi connectivity index (χ3n) is 4.61. The van der Waals surface area contributed by atoms with E-state index in [4.69, 9.17) is 9.73 Å². The number of piperazine rings is 1. The maximum Gasteiger partial charge on any atom is 0.194 e. The molecule has 3 rings (SSSR count). The Morgan fingerprint density at radius 2 is 2.04 bits per heavy atom. The first-order valence-corrected chi connectivity index (χ1v) is 8.95. The molecule has 0 bridgehead atoms. The van der Waals surface area contributed by atoms with Crippen LogP contribution in [0.3, 0.4) is 0 Å². The van der Waals surface area contributed by atoms with Gasteiger partial charge in [0, 0.05) is 39.3 Å². The Morgan fingerprint density at radius 3 is 2.68 bits per heavy atom. The summed E-state index contributed by atoms with van der Waals surface area (Å²) in [6, 6.07) is 7.54. The maximum atomic E-state index is 10.0. The average Bonchev–Trinajstić information content (AvgIpc) is 3.13. The molecule has 0 amide bonds. The number of guanidine groups is 1. The van der Waals surface area contributed by atoms with Crippen molar-refractivity contribution in [3.05, 3.63) is 24.3 Å². The van der Waals surface area contributed by atoms with Crippen molar-refractivity contribution in [3.8, 4) is 5.75 Å². The minimum atomic E-state index is 0. The maximum absolute atomic E-state index is 10.0. The number of benzene rings is 1. The average molecular weight is 460 g/mol. The van der Waals surface area contributed by atoms with E-state index in [1.54, 1.807) is 6.07 Å². The van der Waals surface area contributed by atoms with Crippen molar-refractivity contribution in [3.63, 3.8) is 0 Å². The Labute approximate surface area is 167 Å². The molecule has 1 aromatic carbocycles. The van der Waals surface area contributed by atoms with Crippen molar-refractivity contribution in [2.24, 2.45) is 4.99 Å². The van der Waals surface area contributed by atoms with Gasteiger partial charge in [-0.25, -0.2) is 0 Å². The number of para-hydroxylation sites is 2. The zero-order valence-corrected chi connectivity index (χ0v) is 17.2. The second-order valence-corrected chi connectivity index (χ2v) is 6.29. The normalized spacial score (nSPS) is 21.2. The van der Waals surface area contributed by atoms with Gasteiger partial charge in [-0.2, -0.15) is 0 Å². The number of aliphatic imine (C=N–C) groups is 1. The fourth-order valence-corrected chi connectivity index (χ4v) is 3.29. The van der Waals surface area contributed by atoms with Crippen LogP contribution >= 0.6 is 24.0 Å². The summed E-state index contributed by atoms with van der Waals surface area (Å²) in [5.74, 6) is 1.33. The summed E-state index contributed by atoms with van der Waals surface area (Å²) in [6.07, 6.45) is 2.54. The summed E-state index contributed by atoms with van der Waals surface area (Å²) >= 11 is 0. The highest BCUT2D eigenvalue weighted by molar-refractivity contribution is 14.0. The van der Waals surface area contributed by atoms with Crippen LogP contribution in [0, 0.1) is 0 Å². The Morgan fingerprint density at radius 1 is 1.28 bits per heavy atom. The van der Waals surface area contributed by atoms with Gasteiger partial charge < -0.3 is 25.0 Å². The molecular formula is C18H29IN4O2. The van der Waals surface area contributed by atoms with Gasteiger partial charge in [-0.3, -0.25) is 4.99 Å². The fraction of sp³-hybridized carbons (Fsp3) is 0.611. The number of rotatable bonds is 4. The van der Waals surface area contributed by atoms with Gasteiger partial charge in [-0.15, -0.1) is 24.0 Å². The summed E-state index contributed by atoms with van der Waals surface area (Å²) in [7, 11) is 0.